The van der Waals surface area contributed by atoms with E-state index in [2.05, 4.69) is 0 Å². The molecule has 1 fully saturated rings. The van der Waals surface area contributed by atoms with Crippen molar-refractivity contribution in [3.05, 3.63) is 35.4 Å². The predicted molar refractivity (Wildman–Crippen MR) is 54.4 cm³/mol. The molecule has 3 nitrogen and oxygen atoms in total. The highest BCUT2D eigenvalue weighted by atomic mass is 16.1. The predicted octanol–water partition coefficient (Wildman–Crippen LogP) is 0.662. The molecule has 1 aromatic carbocycles. The molecule has 0 aromatic heterocycles. The molecular weight excluding hydrogens is 176 g/mol. The highest BCUT2D eigenvalue weighted by molar-refractivity contribution is 5.90. The zero-order valence-corrected chi connectivity index (χ0v) is 7.99. The van der Waals surface area contributed by atoms with E-state index in [1.54, 1.807) is 0 Å². The third kappa shape index (κ3) is 1.21. The average Bonchev–Trinajstić information content (AvgIpc) is 2.98. The Morgan fingerprint density at radius 2 is 2.00 bits per heavy atom. The van der Waals surface area contributed by atoms with Crippen LogP contribution in [0, 0.1) is 0 Å². The van der Waals surface area contributed by atoms with Gasteiger partial charge in [-0.3, -0.25) is 4.79 Å². The number of nitrogens with two attached hydrogens (primary N) is 2. The number of amides is 1. The summed E-state index contributed by atoms with van der Waals surface area (Å²) in [5, 5.41) is 0. The van der Waals surface area contributed by atoms with Crippen LogP contribution in [-0.2, 0) is 16.8 Å². The van der Waals surface area contributed by atoms with Crippen molar-refractivity contribution in [3.63, 3.8) is 0 Å². The number of benzene rings is 1. The molecule has 4 N–H and O–H groups in total. The number of carbonyl (C=O) groups is 1. The minimum absolute atomic E-state index is 0.224. The molecule has 1 aliphatic carbocycles. The van der Waals surface area contributed by atoms with E-state index in [-0.39, 0.29) is 5.91 Å². The smallest absolute Gasteiger partial charge is 0.228 e. The second-order valence-corrected chi connectivity index (χ2v) is 3.81. The van der Waals surface area contributed by atoms with Crippen molar-refractivity contribution < 1.29 is 4.79 Å². The molecule has 0 saturated heterocycles. The van der Waals surface area contributed by atoms with Gasteiger partial charge in [-0.05, 0) is 24.0 Å². The molecule has 14 heavy (non-hydrogen) atoms. The van der Waals surface area contributed by atoms with Crippen molar-refractivity contribution >= 4 is 5.91 Å². The summed E-state index contributed by atoms with van der Waals surface area (Å²) in [6, 6.07) is 7.78. The maximum Gasteiger partial charge on any atom is 0.228 e. The highest BCUT2D eigenvalue weighted by Crippen LogP contribution is 2.48. The number of rotatable bonds is 3. The van der Waals surface area contributed by atoms with Crippen LogP contribution in [0.3, 0.4) is 0 Å². The van der Waals surface area contributed by atoms with Crippen LogP contribution in [0.1, 0.15) is 24.0 Å². The fourth-order valence-electron chi connectivity index (χ4n) is 1.94. The molecule has 0 radical (unpaired) electrons. The molecule has 2 rings (SSSR count). The Kier molecular flexibility index (Phi) is 2.04. The first-order chi connectivity index (χ1) is 6.70. The second kappa shape index (κ2) is 3.10. The van der Waals surface area contributed by atoms with E-state index >= 15 is 0 Å². The van der Waals surface area contributed by atoms with Crippen LogP contribution in [0.4, 0.5) is 0 Å². The van der Waals surface area contributed by atoms with E-state index in [4.69, 9.17) is 11.5 Å². The molecule has 0 unspecified atom stereocenters. The maximum atomic E-state index is 11.3. The summed E-state index contributed by atoms with van der Waals surface area (Å²) in [5.74, 6) is -0.224. The van der Waals surface area contributed by atoms with Crippen LogP contribution >= 0.6 is 0 Å². The Morgan fingerprint density at radius 1 is 1.36 bits per heavy atom. The topological polar surface area (TPSA) is 69.1 Å². The van der Waals surface area contributed by atoms with Gasteiger partial charge in [0.25, 0.3) is 0 Å². The van der Waals surface area contributed by atoms with Gasteiger partial charge in [0.05, 0.1) is 5.41 Å². The standard InChI is InChI=1S/C11H14N2O/c12-7-8-3-1-2-4-9(8)11(5-6-11)10(13)14/h1-4H,5-7,12H2,(H2,13,14). The lowest BCUT2D eigenvalue weighted by Gasteiger charge is -2.15. The van der Waals surface area contributed by atoms with Crippen molar-refractivity contribution in [1.29, 1.82) is 0 Å². The van der Waals surface area contributed by atoms with Gasteiger partial charge in [0.2, 0.25) is 5.91 Å². The molecule has 0 bridgehead atoms. The summed E-state index contributed by atoms with van der Waals surface area (Å²) in [7, 11) is 0. The molecule has 1 aliphatic rings. The van der Waals surface area contributed by atoms with Gasteiger partial charge >= 0.3 is 0 Å². The molecule has 0 aliphatic heterocycles. The Morgan fingerprint density at radius 3 is 2.50 bits per heavy atom. The molecule has 1 aromatic rings. The Hall–Kier alpha value is -1.35. The Balaban J connectivity index is 2.46. The maximum absolute atomic E-state index is 11.3. The van der Waals surface area contributed by atoms with Crippen molar-refractivity contribution in [1.82, 2.24) is 0 Å². The van der Waals surface area contributed by atoms with E-state index in [9.17, 15) is 4.79 Å². The van der Waals surface area contributed by atoms with Crippen molar-refractivity contribution in [2.75, 3.05) is 0 Å². The van der Waals surface area contributed by atoms with Gasteiger partial charge in [0.1, 0.15) is 0 Å². The van der Waals surface area contributed by atoms with E-state index in [0.717, 1.165) is 24.0 Å². The third-order valence-corrected chi connectivity index (χ3v) is 2.97. The van der Waals surface area contributed by atoms with Crippen LogP contribution in [0.2, 0.25) is 0 Å². The summed E-state index contributed by atoms with van der Waals surface area (Å²) in [5.41, 5.74) is 12.7. The SMILES string of the molecule is NCc1ccccc1C1(C(N)=O)CC1. The van der Waals surface area contributed by atoms with Gasteiger partial charge < -0.3 is 11.5 Å². The van der Waals surface area contributed by atoms with Crippen LogP contribution < -0.4 is 11.5 Å². The normalized spacial score (nSPS) is 17.8. The van der Waals surface area contributed by atoms with Gasteiger partial charge in [0, 0.05) is 6.54 Å². The summed E-state index contributed by atoms with van der Waals surface area (Å²) in [6.45, 7) is 0.463. The molecule has 74 valence electrons. The lowest BCUT2D eigenvalue weighted by Crippen LogP contribution is -2.29. The second-order valence-electron chi connectivity index (χ2n) is 3.81. The van der Waals surface area contributed by atoms with E-state index in [1.165, 1.54) is 0 Å². The Labute approximate surface area is 83.1 Å². The molecular formula is C11H14N2O. The van der Waals surface area contributed by atoms with Gasteiger partial charge in [-0.2, -0.15) is 0 Å². The number of primary amides is 1. The van der Waals surface area contributed by atoms with Crippen LogP contribution in [0.5, 0.6) is 0 Å². The first-order valence-corrected chi connectivity index (χ1v) is 4.79. The monoisotopic (exact) mass is 190 g/mol. The number of hydrogen-bond donors (Lipinski definition) is 2. The van der Waals surface area contributed by atoms with Crippen LogP contribution in [0.15, 0.2) is 24.3 Å². The Bertz CT molecular complexity index is 369. The quantitative estimate of drug-likeness (QED) is 0.735. The first kappa shape index (κ1) is 9.21. The third-order valence-electron chi connectivity index (χ3n) is 2.97. The first-order valence-electron chi connectivity index (χ1n) is 4.79. The lowest BCUT2D eigenvalue weighted by atomic mass is 9.91. The molecule has 0 atom stereocenters. The minimum Gasteiger partial charge on any atom is -0.369 e. The zero-order chi connectivity index (χ0) is 10.2. The largest absolute Gasteiger partial charge is 0.369 e. The fraction of sp³-hybridized carbons (Fsp3) is 0.364. The number of carbonyl (C=O) groups excluding carboxylic acids is 1. The summed E-state index contributed by atoms with van der Waals surface area (Å²) >= 11 is 0. The average molecular weight is 190 g/mol. The van der Waals surface area contributed by atoms with E-state index in [1.807, 2.05) is 24.3 Å². The lowest BCUT2D eigenvalue weighted by molar-refractivity contribution is -0.120. The van der Waals surface area contributed by atoms with Crippen molar-refractivity contribution in [2.24, 2.45) is 11.5 Å². The molecule has 1 amide bonds. The van der Waals surface area contributed by atoms with Crippen molar-refractivity contribution in [3.8, 4) is 0 Å². The van der Waals surface area contributed by atoms with Crippen LogP contribution in [0.25, 0.3) is 0 Å². The minimum atomic E-state index is -0.407. The highest BCUT2D eigenvalue weighted by Gasteiger charge is 2.50. The summed E-state index contributed by atoms with van der Waals surface area (Å²) in [6.07, 6.45) is 1.72. The van der Waals surface area contributed by atoms with Gasteiger partial charge in [0.15, 0.2) is 0 Å². The van der Waals surface area contributed by atoms with Crippen LogP contribution in [-0.4, -0.2) is 5.91 Å². The van der Waals surface area contributed by atoms with E-state index < -0.39 is 5.41 Å². The van der Waals surface area contributed by atoms with E-state index in [0.29, 0.717) is 6.54 Å². The molecule has 0 heterocycles. The van der Waals surface area contributed by atoms with Gasteiger partial charge in [-0.1, -0.05) is 24.3 Å². The molecule has 1 saturated carbocycles. The summed E-state index contributed by atoms with van der Waals surface area (Å²) in [4.78, 5) is 11.3. The van der Waals surface area contributed by atoms with Crippen molar-refractivity contribution in [2.45, 2.75) is 24.8 Å². The molecule has 0 spiro atoms. The van der Waals surface area contributed by atoms with Gasteiger partial charge in [-0.25, -0.2) is 0 Å². The molecule has 3 heteroatoms. The fourth-order valence-corrected chi connectivity index (χ4v) is 1.94. The zero-order valence-electron chi connectivity index (χ0n) is 7.99. The number of hydrogen-bond acceptors (Lipinski definition) is 2. The van der Waals surface area contributed by atoms with Gasteiger partial charge in [-0.15, -0.1) is 0 Å². The summed E-state index contributed by atoms with van der Waals surface area (Å²) < 4.78 is 0.